The van der Waals surface area contributed by atoms with Crippen molar-refractivity contribution in [1.82, 2.24) is 31.6 Å². The van der Waals surface area contributed by atoms with Crippen LogP contribution in [0.5, 0.6) is 5.75 Å². The summed E-state index contributed by atoms with van der Waals surface area (Å²) in [4.78, 5) is 84.5. The van der Waals surface area contributed by atoms with Crippen molar-refractivity contribution in [2.45, 2.75) is 88.6 Å². The van der Waals surface area contributed by atoms with E-state index < -0.39 is 65.8 Å². The average Bonchev–Trinajstić information content (AvgIpc) is 3.69. The van der Waals surface area contributed by atoms with Gasteiger partial charge in [0.25, 0.3) is 0 Å². The Hall–Kier alpha value is -6.23. The van der Waals surface area contributed by atoms with E-state index in [9.17, 15) is 33.9 Å². The highest BCUT2D eigenvalue weighted by molar-refractivity contribution is 7.80. The van der Waals surface area contributed by atoms with Gasteiger partial charge in [0.15, 0.2) is 0 Å². The van der Waals surface area contributed by atoms with Crippen LogP contribution < -0.4 is 38.1 Å². The number of unbranched alkanes of at least 4 members (excludes halogenated alkanes) is 1. The summed E-state index contributed by atoms with van der Waals surface area (Å²) in [5.74, 6) is -3.74. The van der Waals surface area contributed by atoms with E-state index in [1.54, 1.807) is 32.2 Å². The number of phenols is 1. The molecule has 0 saturated carbocycles. The number of hydrogen-bond acceptors (Lipinski definition) is 10. The van der Waals surface area contributed by atoms with Crippen LogP contribution in [0.25, 0.3) is 21.7 Å². The van der Waals surface area contributed by atoms with Crippen molar-refractivity contribution in [2.24, 2.45) is 17.4 Å². The number of nitrogens with one attached hydrogen (secondary N) is 6. The summed E-state index contributed by atoms with van der Waals surface area (Å²) in [6.07, 6.45) is 4.95. The molecule has 0 bridgehead atoms. The van der Waals surface area contributed by atoms with Gasteiger partial charge in [-0.25, -0.2) is 0 Å². The Morgan fingerprint density at radius 3 is 1.94 bits per heavy atom. The first kappa shape index (κ1) is 47.8. The fourth-order valence-corrected chi connectivity index (χ4v) is 7.41. The molecule has 333 valence electrons. The first-order valence-corrected chi connectivity index (χ1v) is 21.7. The highest BCUT2D eigenvalue weighted by Gasteiger charge is 2.33. The number of nitrogens with two attached hydrogens (primary N) is 2. The summed E-state index contributed by atoms with van der Waals surface area (Å²) in [6.45, 7) is 3.88. The van der Waals surface area contributed by atoms with E-state index in [1.165, 1.54) is 12.1 Å². The number of amides is 5. The predicted molar refractivity (Wildman–Crippen MR) is 246 cm³/mol. The van der Waals surface area contributed by atoms with Gasteiger partial charge < -0.3 is 48.1 Å². The van der Waals surface area contributed by atoms with Crippen molar-refractivity contribution in [2.75, 3.05) is 12.3 Å². The van der Waals surface area contributed by atoms with Crippen molar-refractivity contribution < 1.29 is 33.9 Å². The fraction of sp³-hybridized carbons (Fsp3) is 0.362. The zero-order valence-electron chi connectivity index (χ0n) is 35.4. The minimum atomic E-state index is -1.30. The number of fused-ring (bicyclic) bond motifs is 2. The molecule has 0 spiro atoms. The maximum Gasteiger partial charge on any atom is 0.244 e. The highest BCUT2D eigenvalue weighted by Crippen LogP contribution is 2.21. The SMILES string of the molecule is CC(C)[C@@H]([C]=O)NC(=O)[C@H](CCCCN)NC(=O)[C@@H](Cc1c[nH]c2ccccc12)NC(=O)[C@@H](Cc1ccc(O)cc1)NC(=O)[C@@H](CS)NC(=O)[C@@H](N)Cc1ccc2ccccc2c1. The molecular weight excluding hydrogens is 821 g/mol. The van der Waals surface area contributed by atoms with Gasteiger partial charge in [0.1, 0.15) is 29.9 Å². The number of thiol groups is 1. The normalized spacial score (nSPS) is 14.2. The lowest BCUT2D eigenvalue weighted by Gasteiger charge is -2.27. The molecule has 5 amide bonds. The van der Waals surface area contributed by atoms with Crippen LogP contribution in [0.15, 0.2) is 97.2 Å². The molecule has 63 heavy (non-hydrogen) atoms. The molecule has 11 N–H and O–H groups in total. The minimum Gasteiger partial charge on any atom is -0.508 e. The molecule has 15 nitrogen and oxygen atoms in total. The summed E-state index contributed by atoms with van der Waals surface area (Å²) in [5, 5.41) is 26.5. The standard InChI is InChI=1S/C47H57N8O7S/c1-28(2)41(26-56)54-44(59)38(13-7-8-20-48)51-46(61)40(24-33-25-50-37-12-6-5-11-35(33)37)53-45(60)39(23-29-15-18-34(57)19-16-29)52-47(62)42(27-63)55-43(58)36(49)22-30-14-17-31-9-3-4-10-32(31)21-30/h3-6,9-12,14-19,21,25,28,36,38-42,50,57,63H,7-8,13,20,22-24,27,48-49H2,1-2H3,(H,51,61)(H,52,62)(H,53,60)(H,54,59)(H,55,58)/t36-,38-,39+,40+,41+,42+/m0/s1. The van der Waals surface area contributed by atoms with Crippen molar-refractivity contribution in [3.63, 3.8) is 0 Å². The molecular formula is C47H57N8O7S. The topological polar surface area (TPSA) is 251 Å². The molecule has 0 aliphatic rings. The Labute approximate surface area is 372 Å². The van der Waals surface area contributed by atoms with Gasteiger partial charge >= 0.3 is 0 Å². The molecule has 16 heteroatoms. The van der Waals surface area contributed by atoms with Gasteiger partial charge in [0, 0.05) is 35.7 Å². The maximum absolute atomic E-state index is 14.5. The molecule has 5 rings (SSSR count). The van der Waals surface area contributed by atoms with Gasteiger partial charge in [0.05, 0.1) is 12.1 Å². The molecule has 0 unspecified atom stereocenters. The van der Waals surface area contributed by atoms with Crippen LogP contribution in [0, 0.1) is 5.92 Å². The van der Waals surface area contributed by atoms with Crippen LogP contribution in [0.4, 0.5) is 0 Å². The molecule has 6 atom stereocenters. The highest BCUT2D eigenvalue weighted by atomic mass is 32.1. The van der Waals surface area contributed by atoms with Gasteiger partial charge in [-0.3, -0.25) is 28.8 Å². The first-order valence-electron chi connectivity index (χ1n) is 21.1. The van der Waals surface area contributed by atoms with Crippen LogP contribution in [-0.2, 0) is 48.0 Å². The van der Waals surface area contributed by atoms with E-state index >= 15 is 0 Å². The number of carbonyl (C=O) groups is 5. The first-order chi connectivity index (χ1) is 30.3. The number of hydrogen-bond donors (Lipinski definition) is 10. The number of H-pyrrole nitrogens is 1. The Bertz CT molecular complexity index is 2350. The number of rotatable bonds is 23. The average molecular weight is 878 g/mol. The van der Waals surface area contributed by atoms with Crippen LogP contribution in [0.3, 0.4) is 0 Å². The van der Waals surface area contributed by atoms with E-state index in [0.29, 0.717) is 30.5 Å². The number of aromatic nitrogens is 1. The zero-order chi connectivity index (χ0) is 45.5. The number of phenolic OH excluding ortho intramolecular Hbond substituents is 1. The largest absolute Gasteiger partial charge is 0.508 e. The van der Waals surface area contributed by atoms with Crippen LogP contribution >= 0.6 is 12.6 Å². The smallest absolute Gasteiger partial charge is 0.244 e. The number of carbonyl (C=O) groups excluding carboxylic acids is 6. The molecule has 1 heterocycles. The number of aromatic amines is 1. The lowest BCUT2D eigenvalue weighted by Crippen LogP contribution is -2.60. The summed E-state index contributed by atoms with van der Waals surface area (Å²) >= 11 is 4.34. The molecule has 4 aromatic carbocycles. The third kappa shape index (κ3) is 13.6. The van der Waals surface area contributed by atoms with E-state index in [2.05, 4.69) is 44.2 Å². The maximum atomic E-state index is 14.5. The Morgan fingerprint density at radius 2 is 1.27 bits per heavy atom. The molecule has 0 saturated heterocycles. The van der Waals surface area contributed by atoms with Gasteiger partial charge in [-0.05, 0) is 83.8 Å². The minimum absolute atomic E-state index is 0.00654. The quantitative estimate of drug-likeness (QED) is 0.0342. The molecule has 0 fully saturated rings. The van der Waals surface area contributed by atoms with Crippen LogP contribution in [0.2, 0.25) is 0 Å². The molecule has 0 aliphatic carbocycles. The second-order valence-electron chi connectivity index (χ2n) is 16.0. The Kier molecular flexibility index (Phi) is 17.7. The van der Waals surface area contributed by atoms with Crippen molar-refractivity contribution >= 4 is 70.1 Å². The second-order valence-corrected chi connectivity index (χ2v) is 16.4. The van der Waals surface area contributed by atoms with Crippen LogP contribution in [-0.4, -0.2) is 94.5 Å². The monoisotopic (exact) mass is 877 g/mol. The predicted octanol–water partition coefficient (Wildman–Crippen LogP) is 2.63. The molecule has 0 aliphatic heterocycles. The summed E-state index contributed by atoms with van der Waals surface area (Å²) in [6, 6.07) is 20.3. The van der Waals surface area contributed by atoms with Crippen molar-refractivity contribution in [3.05, 3.63) is 114 Å². The number of benzene rings is 4. The summed E-state index contributed by atoms with van der Waals surface area (Å²) in [7, 11) is 0. The lowest BCUT2D eigenvalue weighted by molar-refractivity contribution is -0.134. The van der Waals surface area contributed by atoms with Gasteiger partial charge in [0.2, 0.25) is 35.8 Å². The number of para-hydroxylation sites is 1. The van der Waals surface area contributed by atoms with E-state index in [4.69, 9.17) is 11.5 Å². The summed E-state index contributed by atoms with van der Waals surface area (Å²) < 4.78 is 0. The Balaban J connectivity index is 1.38. The van der Waals surface area contributed by atoms with E-state index in [0.717, 1.165) is 27.2 Å². The molecule has 1 radical (unpaired) electrons. The van der Waals surface area contributed by atoms with Crippen molar-refractivity contribution in [1.29, 1.82) is 0 Å². The third-order valence-corrected chi connectivity index (χ3v) is 11.2. The zero-order valence-corrected chi connectivity index (χ0v) is 36.3. The van der Waals surface area contributed by atoms with E-state index in [-0.39, 0.29) is 43.1 Å². The molecule has 1 aromatic heterocycles. The van der Waals surface area contributed by atoms with Gasteiger partial charge in [-0.15, -0.1) is 0 Å². The fourth-order valence-electron chi connectivity index (χ4n) is 7.16. The number of aromatic hydroxyl groups is 1. The van der Waals surface area contributed by atoms with Gasteiger partial charge in [-0.1, -0.05) is 86.6 Å². The second kappa shape index (κ2) is 23.3. The molecule has 5 aromatic rings. The van der Waals surface area contributed by atoms with Crippen LogP contribution in [0.1, 0.15) is 49.8 Å². The third-order valence-electron chi connectivity index (χ3n) is 10.8. The Morgan fingerprint density at radius 1 is 0.683 bits per heavy atom. The lowest BCUT2D eigenvalue weighted by atomic mass is 10.0. The van der Waals surface area contributed by atoms with Crippen molar-refractivity contribution in [3.8, 4) is 5.75 Å². The van der Waals surface area contributed by atoms with E-state index in [1.807, 2.05) is 73.0 Å². The summed E-state index contributed by atoms with van der Waals surface area (Å²) in [5.41, 5.74) is 15.0. The van der Waals surface area contributed by atoms with Gasteiger partial charge in [-0.2, -0.15) is 12.6 Å².